The fourth-order valence-electron chi connectivity index (χ4n) is 2.47. The number of amides is 1. The lowest BCUT2D eigenvalue weighted by Gasteiger charge is -2.31. The molecule has 8 heteroatoms. The van der Waals surface area contributed by atoms with Crippen LogP contribution in [0.3, 0.4) is 0 Å². The number of carbonyl (C=O) groups is 2. The van der Waals surface area contributed by atoms with E-state index in [1.807, 2.05) is 0 Å². The maximum absolute atomic E-state index is 12.5. The lowest BCUT2D eigenvalue weighted by Crippen LogP contribution is -2.50. The number of non-ortho nitro benzene ring substituents is 1. The van der Waals surface area contributed by atoms with E-state index >= 15 is 0 Å². The molecule has 1 amide bonds. The summed E-state index contributed by atoms with van der Waals surface area (Å²) in [4.78, 5) is 35.2. The molecule has 1 aliphatic heterocycles. The molecule has 0 aliphatic carbocycles. The predicted molar refractivity (Wildman–Crippen MR) is 74.4 cm³/mol. The number of nitro groups is 1. The number of aliphatic carboxylic acids is 1. The Morgan fingerprint density at radius 1 is 1.43 bits per heavy atom. The van der Waals surface area contributed by atoms with Crippen LogP contribution in [0.1, 0.15) is 30.1 Å². The first-order valence-electron chi connectivity index (χ1n) is 6.26. The fourth-order valence-corrected chi connectivity index (χ4v) is 2.70. The maximum Gasteiger partial charge on any atom is 0.329 e. The summed E-state index contributed by atoms with van der Waals surface area (Å²) in [5.74, 6) is -1.66. The summed E-state index contributed by atoms with van der Waals surface area (Å²) in [5, 5.41) is 20.2. The first kappa shape index (κ1) is 15.2. The van der Waals surface area contributed by atoms with Crippen molar-refractivity contribution in [2.75, 3.05) is 6.54 Å². The van der Waals surface area contributed by atoms with Crippen LogP contribution in [0.5, 0.6) is 0 Å². The molecule has 1 N–H and O–H groups in total. The topological polar surface area (TPSA) is 101 Å². The van der Waals surface area contributed by atoms with Crippen molar-refractivity contribution in [3.63, 3.8) is 0 Å². The van der Waals surface area contributed by atoms with E-state index in [1.165, 1.54) is 17.9 Å². The van der Waals surface area contributed by atoms with E-state index in [-0.39, 0.29) is 16.3 Å². The highest BCUT2D eigenvalue weighted by molar-refractivity contribution is 6.31. The van der Waals surface area contributed by atoms with Gasteiger partial charge in [-0.3, -0.25) is 14.9 Å². The Balaban J connectivity index is 2.40. The number of hydrogen-bond donors (Lipinski definition) is 1. The van der Waals surface area contributed by atoms with Crippen LogP contribution in [0.25, 0.3) is 0 Å². The van der Waals surface area contributed by atoms with Crippen LogP contribution in [-0.2, 0) is 4.79 Å². The maximum atomic E-state index is 12.5. The molecule has 1 aliphatic rings. The number of nitrogens with zero attached hydrogens (tertiary/aromatic N) is 2. The van der Waals surface area contributed by atoms with Gasteiger partial charge in [0.2, 0.25) is 0 Å². The quantitative estimate of drug-likeness (QED) is 0.682. The van der Waals surface area contributed by atoms with Gasteiger partial charge in [0.1, 0.15) is 5.54 Å². The van der Waals surface area contributed by atoms with E-state index in [0.717, 1.165) is 12.1 Å². The second-order valence-electron chi connectivity index (χ2n) is 5.09. The summed E-state index contributed by atoms with van der Waals surface area (Å²) < 4.78 is 0. The summed E-state index contributed by atoms with van der Waals surface area (Å²) in [5.41, 5.74) is -1.58. The lowest BCUT2D eigenvalue weighted by atomic mass is 9.98. The molecule has 21 heavy (non-hydrogen) atoms. The molecule has 1 fully saturated rings. The number of halogens is 1. The number of nitro benzene ring substituents is 1. The van der Waals surface area contributed by atoms with Crippen molar-refractivity contribution in [1.29, 1.82) is 0 Å². The molecular formula is C13H13ClN2O5. The van der Waals surface area contributed by atoms with Gasteiger partial charge < -0.3 is 10.0 Å². The second kappa shape index (κ2) is 5.33. The molecule has 1 saturated heterocycles. The summed E-state index contributed by atoms with van der Waals surface area (Å²) >= 11 is 5.79. The largest absolute Gasteiger partial charge is 0.480 e. The third kappa shape index (κ3) is 2.69. The average molecular weight is 313 g/mol. The second-order valence-corrected chi connectivity index (χ2v) is 5.53. The van der Waals surface area contributed by atoms with E-state index in [2.05, 4.69) is 0 Å². The molecule has 1 aromatic rings. The number of benzene rings is 1. The van der Waals surface area contributed by atoms with Gasteiger partial charge in [-0.2, -0.15) is 0 Å². The highest BCUT2D eigenvalue weighted by Crippen LogP contribution is 2.32. The first-order valence-corrected chi connectivity index (χ1v) is 6.64. The zero-order chi connectivity index (χ0) is 15.8. The van der Waals surface area contributed by atoms with Gasteiger partial charge in [0.15, 0.2) is 0 Å². The molecule has 0 saturated carbocycles. The molecular weight excluding hydrogens is 300 g/mol. The van der Waals surface area contributed by atoms with Crippen LogP contribution < -0.4 is 0 Å². The van der Waals surface area contributed by atoms with Crippen molar-refractivity contribution in [2.45, 2.75) is 25.3 Å². The van der Waals surface area contributed by atoms with Gasteiger partial charge in [0, 0.05) is 29.3 Å². The zero-order valence-electron chi connectivity index (χ0n) is 11.2. The monoisotopic (exact) mass is 312 g/mol. The van der Waals surface area contributed by atoms with Crippen molar-refractivity contribution < 1.29 is 19.6 Å². The lowest BCUT2D eigenvalue weighted by molar-refractivity contribution is -0.384. The minimum absolute atomic E-state index is 0.0172. The minimum Gasteiger partial charge on any atom is -0.480 e. The van der Waals surface area contributed by atoms with Crippen LogP contribution in [-0.4, -0.2) is 38.9 Å². The Hall–Kier alpha value is -2.15. The van der Waals surface area contributed by atoms with Crippen LogP contribution in [0, 0.1) is 10.1 Å². The highest BCUT2D eigenvalue weighted by Gasteiger charge is 2.46. The molecule has 0 aromatic heterocycles. The first-order chi connectivity index (χ1) is 9.75. The van der Waals surface area contributed by atoms with Crippen molar-refractivity contribution in [2.24, 2.45) is 0 Å². The minimum atomic E-state index is -1.30. The Bertz CT molecular complexity index is 633. The molecule has 1 heterocycles. The molecule has 1 unspecified atom stereocenters. The fraction of sp³-hybridized carbons (Fsp3) is 0.385. The smallest absolute Gasteiger partial charge is 0.329 e. The number of carbonyl (C=O) groups excluding carboxylic acids is 1. The molecule has 0 radical (unpaired) electrons. The van der Waals surface area contributed by atoms with Gasteiger partial charge in [-0.15, -0.1) is 0 Å². The van der Waals surface area contributed by atoms with Crippen LogP contribution in [0.4, 0.5) is 5.69 Å². The summed E-state index contributed by atoms with van der Waals surface area (Å²) in [6.07, 6.45) is 0.911. The molecule has 7 nitrogen and oxygen atoms in total. The summed E-state index contributed by atoms with van der Waals surface area (Å²) in [6.45, 7) is 1.77. The highest BCUT2D eigenvalue weighted by atomic mass is 35.5. The number of carboxylic acids is 1. The van der Waals surface area contributed by atoms with Crippen molar-refractivity contribution in [3.8, 4) is 0 Å². The Morgan fingerprint density at radius 2 is 2.10 bits per heavy atom. The van der Waals surface area contributed by atoms with E-state index in [0.29, 0.717) is 19.4 Å². The number of likely N-dealkylation sites (tertiary alicyclic amines) is 1. The predicted octanol–water partition coefficient (Wildman–Crippen LogP) is 2.33. The Morgan fingerprint density at radius 3 is 2.67 bits per heavy atom. The number of carboxylic acid groups (broad SMARTS) is 1. The molecule has 112 valence electrons. The van der Waals surface area contributed by atoms with Gasteiger partial charge in [-0.1, -0.05) is 11.6 Å². The van der Waals surface area contributed by atoms with Crippen molar-refractivity contribution >= 4 is 29.2 Å². The zero-order valence-corrected chi connectivity index (χ0v) is 12.0. The van der Waals surface area contributed by atoms with E-state index in [9.17, 15) is 24.8 Å². The van der Waals surface area contributed by atoms with E-state index in [4.69, 9.17) is 11.6 Å². The number of rotatable bonds is 3. The van der Waals surface area contributed by atoms with Gasteiger partial charge in [-0.25, -0.2) is 4.79 Å². The van der Waals surface area contributed by atoms with Crippen LogP contribution >= 0.6 is 11.6 Å². The van der Waals surface area contributed by atoms with Crippen molar-refractivity contribution in [1.82, 2.24) is 4.90 Å². The van der Waals surface area contributed by atoms with Crippen molar-refractivity contribution in [3.05, 3.63) is 38.9 Å². The van der Waals surface area contributed by atoms with E-state index in [1.54, 1.807) is 0 Å². The number of hydrogen-bond acceptors (Lipinski definition) is 4. The van der Waals surface area contributed by atoms with Gasteiger partial charge in [0.25, 0.3) is 11.6 Å². The average Bonchev–Trinajstić information content (AvgIpc) is 2.80. The Kier molecular flexibility index (Phi) is 3.87. The summed E-state index contributed by atoms with van der Waals surface area (Å²) in [6, 6.07) is 3.55. The normalized spacial score (nSPS) is 21.3. The molecule has 1 aromatic carbocycles. The standard InChI is InChI=1S/C13H13ClN2O5/c1-13(12(18)19)3-2-4-15(13)11(17)8-5-9(14)7-10(6-8)16(20)21/h5-7H,2-4H2,1H3,(H,18,19). The van der Waals surface area contributed by atoms with Crippen LogP contribution in [0.2, 0.25) is 5.02 Å². The van der Waals surface area contributed by atoms with Crippen LogP contribution in [0.15, 0.2) is 18.2 Å². The SMILES string of the molecule is CC1(C(=O)O)CCCN1C(=O)c1cc(Cl)cc([N+](=O)[O-])c1. The van der Waals surface area contributed by atoms with Gasteiger partial charge in [0.05, 0.1) is 4.92 Å². The van der Waals surface area contributed by atoms with Gasteiger partial charge >= 0.3 is 5.97 Å². The Labute approximate surface area is 125 Å². The molecule has 0 bridgehead atoms. The summed E-state index contributed by atoms with van der Waals surface area (Å²) in [7, 11) is 0. The third-order valence-electron chi connectivity index (χ3n) is 3.69. The van der Waals surface area contributed by atoms with Gasteiger partial charge in [-0.05, 0) is 25.8 Å². The molecule has 2 rings (SSSR count). The molecule has 0 spiro atoms. The van der Waals surface area contributed by atoms with E-state index < -0.39 is 22.3 Å². The third-order valence-corrected chi connectivity index (χ3v) is 3.91. The molecule has 1 atom stereocenters.